The average molecular weight is 243 g/mol. The molecule has 18 heavy (non-hydrogen) atoms. The van der Waals surface area contributed by atoms with Gasteiger partial charge in [-0.05, 0) is 24.3 Å². The summed E-state index contributed by atoms with van der Waals surface area (Å²) in [5.41, 5.74) is 1.06. The third kappa shape index (κ3) is 1.90. The molecule has 3 rings (SSSR count). The lowest BCUT2D eigenvalue weighted by molar-refractivity contribution is 0.629. The number of rotatable bonds is 3. The predicted molar refractivity (Wildman–Crippen MR) is 68.8 cm³/mol. The van der Waals surface area contributed by atoms with E-state index in [0.29, 0.717) is 0 Å². The minimum Gasteiger partial charge on any atom is -0.347 e. The van der Waals surface area contributed by atoms with Gasteiger partial charge < -0.3 is 9.13 Å². The predicted octanol–water partition coefficient (Wildman–Crippen LogP) is 2.76. The van der Waals surface area contributed by atoms with E-state index >= 15 is 0 Å². The Labute approximate surface area is 104 Å². The van der Waals surface area contributed by atoms with Crippen molar-refractivity contribution in [2.24, 2.45) is 7.05 Å². The van der Waals surface area contributed by atoms with E-state index in [0.717, 1.165) is 29.7 Å². The number of nitrogens with zero attached hydrogens (tertiary/aromatic N) is 3. The summed E-state index contributed by atoms with van der Waals surface area (Å²) in [5, 5.41) is 0.940. The van der Waals surface area contributed by atoms with Gasteiger partial charge in [0.15, 0.2) is 0 Å². The number of hydrogen-bond acceptors (Lipinski definition) is 1. The third-order valence-corrected chi connectivity index (χ3v) is 3.23. The molecule has 1 aromatic carbocycles. The van der Waals surface area contributed by atoms with Crippen LogP contribution in [0.4, 0.5) is 4.39 Å². The van der Waals surface area contributed by atoms with Crippen molar-refractivity contribution in [3.63, 3.8) is 0 Å². The first-order valence-electron chi connectivity index (χ1n) is 5.94. The molecule has 0 saturated carbocycles. The van der Waals surface area contributed by atoms with Gasteiger partial charge in [0, 0.05) is 49.5 Å². The second-order valence-electron chi connectivity index (χ2n) is 4.42. The van der Waals surface area contributed by atoms with E-state index in [4.69, 9.17) is 0 Å². The van der Waals surface area contributed by atoms with Crippen molar-refractivity contribution in [3.05, 3.63) is 54.5 Å². The highest BCUT2D eigenvalue weighted by atomic mass is 19.1. The summed E-state index contributed by atoms with van der Waals surface area (Å²) >= 11 is 0. The summed E-state index contributed by atoms with van der Waals surface area (Å²) in [5.74, 6) is 0.864. The maximum absolute atomic E-state index is 13.1. The SMILES string of the molecule is Cn1ccnc1CCn1ccc2cc(F)ccc21. The van der Waals surface area contributed by atoms with E-state index in [-0.39, 0.29) is 5.82 Å². The normalized spacial score (nSPS) is 11.2. The number of imidazole rings is 1. The van der Waals surface area contributed by atoms with E-state index in [1.54, 1.807) is 12.3 Å². The van der Waals surface area contributed by atoms with Gasteiger partial charge in [0.25, 0.3) is 0 Å². The van der Waals surface area contributed by atoms with Crippen LogP contribution < -0.4 is 0 Å². The quantitative estimate of drug-likeness (QED) is 0.693. The van der Waals surface area contributed by atoms with Crippen LogP contribution in [-0.2, 0) is 20.0 Å². The van der Waals surface area contributed by atoms with Crippen molar-refractivity contribution in [1.82, 2.24) is 14.1 Å². The molecule has 0 atom stereocenters. The van der Waals surface area contributed by atoms with Crippen LogP contribution in [0, 0.1) is 5.82 Å². The molecule has 0 saturated heterocycles. The van der Waals surface area contributed by atoms with E-state index in [1.807, 2.05) is 36.1 Å². The summed E-state index contributed by atoms with van der Waals surface area (Å²) in [4.78, 5) is 4.30. The van der Waals surface area contributed by atoms with Gasteiger partial charge in [-0.1, -0.05) is 0 Å². The Hall–Kier alpha value is -2.10. The Balaban J connectivity index is 1.85. The number of aromatic nitrogens is 3. The van der Waals surface area contributed by atoms with Crippen LogP contribution in [0.1, 0.15) is 5.82 Å². The zero-order valence-corrected chi connectivity index (χ0v) is 10.2. The molecular weight excluding hydrogens is 229 g/mol. The molecule has 92 valence electrons. The molecule has 0 amide bonds. The van der Waals surface area contributed by atoms with Gasteiger partial charge in [0.2, 0.25) is 0 Å². The molecule has 0 aliphatic rings. The lowest BCUT2D eigenvalue weighted by Crippen LogP contribution is -2.04. The van der Waals surface area contributed by atoms with Crippen LogP contribution in [0.5, 0.6) is 0 Å². The average Bonchev–Trinajstić information content (AvgIpc) is 2.93. The number of aryl methyl sites for hydroxylation is 3. The van der Waals surface area contributed by atoms with Crippen molar-refractivity contribution >= 4 is 10.9 Å². The molecule has 4 heteroatoms. The summed E-state index contributed by atoms with van der Waals surface area (Å²) in [6, 6.07) is 6.83. The van der Waals surface area contributed by atoms with Crippen LogP contribution in [0.3, 0.4) is 0 Å². The monoisotopic (exact) mass is 243 g/mol. The van der Waals surface area contributed by atoms with Gasteiger partial charge in [0.05, 0.1) is 0 Å². The van der Waals surface area contributed by atoms with Gasteiger partial charge in [-0.15, -0.1) is 0 Å². The minimum atomic E-state index is -0.190. The fourth-order valence-electron chi connectivity index (χ4n) is 2.22. The van der Waals surface area contributed by atoms with Crippen molar-refractivity contribution in [3.8, 4) is 0 Å². The van der Waals surface area contributed by atoms with E-state index < -0.39 is 0 Å². The van der Waals surface area contributed by atoms with Crippen molar-refractivity contribution in [1.29, 1.82) is 0 Å². The number of halogens is 1. The smallest absolute Gasteiger partial charge is 0.123 e. The van der Waals surface area contributed by atoms with E-state index in [2.05, 4.69) is 9.55 Å². The fraction of sp³-hybridized carbons (Fsp3) is 0.214. The molecule has 0 unspecified atom stereocenters. The third-order valence-electron chi connectivity index (χ3n) is 3.23. The van der Waals surface area contributed by atoms with Gasteiger partial charge in [-0.3, -0.25) is 0 Å². The number of benzene rings is 1. The highest BCUT2D eigenvalue weighted by Gasteiger charge is 2.04. The molecule has 0 aliphatic heterocycles. The van der Waals surface area contributed by atoms with Crippen LogP contribution in [0.15, 0.2) is 42.9 Å². The molecule has 0 N–H and O–H groups in total. The summed E-state index contributed by atoms with van der Waals surface area (Å²) in [7, 11) is 1.99. The van der Waals surface area contributed by atoms with E-state index in [1.165, 1.54) is 6.07 Å². The first-order chi connectivity index (χ1) is 8.74. The van der Waals surface area contributed by atoms with Crippen LogP contribution in [0.25, 0.3) is 10.9 Å². The topological polar surface area (TPSA) is 22.8 Å². The Kier molecular flexibility index (Phi) is 2.63. The largest absolute Gasteiger partial charge is 0.347 e. The summed E-state index contributed by atoms with van der Waals surface area (Å²) < 4.78 is 17.2. The van der Waals surface area contributed by atoms with Gasteiger partial charge >= 0.3 is 0 Å². The maximum Gasteiger partial charge on any atom is 0.123 e. The summed E-state index contributed by atoms with van der Waals surface area (Å²) in [6.07, 6.45) is 6.61. The lowest BCUT2D eigenvalue weighted by atomic mass is 10.2. The van der Waals surface area contributed by atoms with Crippen LogP contribution >= 0.6 is 0 Å². The van der Waals surface area contributed by atoms with Crippen LogP contribution in [-0.4, -0.2) is 14.1 Å². The zero-order valence-electron chi connectivity index (χ0n) is 10.2. The molecule has 2 aromatic heterocycles. The Bertz CT molecular complexity index is 681. The maximum atomic E-state index is 13.1. The molecule has 2 heterocycles. The molecule has 0 fully saturated rings. The second-order valence-corrected chi connectivity index (χ2v) is 4.42. The number of hydrogen-bond donors (Lipinski definition) is 0. The minimum absolute atomic E-state index is 0.190. The molecule has 0 bridgehead atoms. The molecule has 0 radical (unpaired) electrons. The van der Waals surface area contributed by atoms with Crippen molar-refractivity contribution in [2.75, 3.05) is 0 Å². The molecule has 3 aromatic rings. The molecule has 0 spiro atoms. The first kappa shape index (κ1) is 11.0. The van der Waals surface area contributed by atoms with Crippen LogP contribution in [0.2, 0.25) is 0 Å². The van der Waals surface area contributed by atoms with Crippen molar-refractivity contribution in [2.45, 2.75) is 13.0 Å². The Morgan fingerprint density at radius 3 is 2.89 bits per heavy atom. The summed E-state index contributed by atoms with van der Waals surface area (Å²) in [6.45, 7) is 0.847. The van der Waals surface area contributed by atoms with E-state index in [9.17, 15) is 4.39 Å². The highest BCUT2D eigenvalue weighted by molar-refractivity contribution is 5.80. The zero-order chi connectivity index (χ0) is 12.5. The second kappa shape index (κ2) is 4.29. The first-order valence-corrected chi connectivity index (χ1v) is 5.94. The van der Waals surface area contributed by atoms with Crippen molar-refractivity contribution < 1.29 is 4.39 Å². The number of fused-ring (bicyclic) bond motifs is 1. The molecule has 3 nitrogen and oxygen atoms in total. The Morgan fingerprint density at radius 1 is 1.22 bits per heavy atom. The van der Waals surface area contributed by atoms with Gasteiger partial charge in [-0.25, -0.2) is 9.37 Å². The standard InChI is InChI=1S/C14H14FN3/c1-17-9-6-16-14(17)5-8-18-7-4-11-10-12(15)2-3-13(11)18/h2-4,6-7,9-10H,5,8H2,1H3. The highest BCUT2D eigenvalue weighted by Crippen LogP contribution is 2.17. The lowest BCUT2D eigenvalue weighted by Gasteiger charge is -2.05. The van der Waals surface area contributed by atoms with Gasteiger partial charge in [0.1, 0.15) is 11.6 Å². The fourth-order valence-corrected chi connectivity index (χ4v) is 2.22. The Morgan fingerprint density at radius 2 is 2.11 bits per heavy atom. The van der Waals surface area contributed by atoms with Gasteiger partial charge in [-0.2, -0.15) is 0 Å². The molecule has 0 aliphatic carbocycles. The molecular formula is C14H14FN3.